The number of H-pyrrole nitrogens is 1. The van der Waals surface area contributed by atoms with Gasteiger partial charge in [-0.05, 0) is 24.0 Å². The summed E-state index contributed by atoms with van der Waals surface area (Å²) in [5.74, 6) is 1.18. The molecule has 5 heteroatoms. The van der Waals surface area contributed by atoms with Crippen LogP contribution in [0.15, 0.2) is 30.6 Å². The highest BCUT2D eigenvalue weighted by Gasteiger charge is 2.09. The van der Waals surface area contributed by atoms with E-state index in [1.54, 1.807) is 6.33 Å². The highest BCUT2D eigenvalue weighted by molar-refractivity contribution is 5.80. The number of aromatic amines is 1. The van der Waals surface area contributed by atoms with Gasteiger partial charge in [-0.25, -0.2) is 15.0 Å². The van der Waals surface area contributed by atoms with E-state index in [1.807, 2.05) is 0 Å². The molecular formula is C16H19N5. The van der Waals surface area contributed by atoms with Crippen LogP contribution in [0.5, 0.6) is 0 Å². The van der Waals surface area contributed by atoms with Crippen LogP contribution in [0.4, 0.5) is 5.82 Å². The van der Waals surface area contributed by atoms with Gasteiger partial charge in [-0.1, -0.05) is 37.6 Å². The topological polar surface area (TPSA) is 80.5 Å². The van der Waals surface area contributed by atoms with Crippen molar-refractivity contribution in [3.63, 3.8) is 0 Å². The predicted molar refractivity (Wildman–Crippen MR) is 84.0 cm³/mol. The van der Waals surface area contributed by atoms with Crippen LogP contribution in [-0.2, 0) is 12.8 Å². The highest BCUT2D eigenvalue weighted by Crippen LogP contribution is 2.18. The molecule has 0 saturated carbocycles. The number of aromatic nitrogens is 4. The Bertz CT molecular complexity index is 747. The minimum atomic E-state index is 0.457. The molecule has 0 aliphatic rings. The summed E-state index contributed by atoms with van der Waals surface area (Å²) in [6.45, 7) is 2.21. The maximum atomic E-state index is 5.95. The number of unbranched alkanes of at least 4 members (excludes halogenated alkanes) is 1. The summed E-state index contributed by atoms with van der Waals surface area (Å²) in [6.07, 6.45) is 5.75. The summed E-state index contributed by atoms with van der Waals surface area (Å²) in [4.78, 5) is 16.0. The fourth-order valence-corrected chi connectivity index (χ4v) is 2.49. The van der Waals surface area contributed by atoms with Gasteiger partial charge < -0.3 is 10.7 Å². The standard InChI is InChI=1S/C16H19N5/c1-2-3-6-11-7-4-5-8-12(11)9-13-20-15(17)14-16(21-13)19-10-18-14/h4-5,7-8,10H,2-3,6,9H2,1H3,(H3,17,18,19,20,21). The molecule has 2 heterocycles. The number of benzene rings is 1. The van der Waals surface area contributed by atoms with E-state index in [2.05, 4.69) is 51.1 Å². The van der Waals surface area contributed by atoms with Crippen LogP contribution in [0.25, 0.3) is 11.2 Å². The summed E-state index contributed by atoms with van der Waals surface area (Å²) >= 11 is 0. The van der Waals surface area contributed by atoms with E-state index in [0.717, 1.165) is 12.2 Å². The number of nitrogens with zero attached hydrogens (tertiary/aromatic N) is 3. The number of nitrogens with two attached hydrogens (primary N) is 1. The van der Waals surface area contributed by atoms with Gasteiger partial charge in [0.05, 0.1) is 6.33 Å². The fourth-order valence-electron chi connectivity index (χ4n) is 2.49. The molecule has 0 bridgehead atoms. The van der Waals surface area contributed by atoms with Crippen molar-refractivity contribution in [2.24, 2.45) is 0 Å². The number of aryl methyl sites for hydroxylation is 1. The number of anilines is 1. The summed E-state index contributed by atoms with van der Waals surface area (Å²) in [6, 6.07) is 8.46. The van der Waals surface area contributed by atoms with Gasteiger partial charge in [0.2, 0.25) is 0 Å². The number of nitrogens with one attached hydrogen (secondary N) is 1. The maximum absolute atomic E-state index is 5.95. The first-order valence-electron chi connectivity index (χ1n) is 7.30. The third-order valence-corrected chi connectivity index (χ3v) is 3.63. The fraction of sp³-hybridized carbons (Fsp3) is 0.312. The third kappa shape index (κ3) is 2.86. The van der Waals surface area contributed by atoms with E-state index in [0.29, 0.717) is 23.4 Å². The molecule has 0 aliphatic carbocycles. The van der Waals surface area contributed by atoms with Crippen molar-refractivity contribution < 1.29 is 0 Å². The average molecular weight is 281 g/mol. The molecule has 0 fully saturated rings. The van der Waals surface area contributed by atoms with Gasteiger partial charge in [0, 0.05) is 6.42 Å². The normalized spacial score (nSPS) is 11.1. The lowest BCUT2D eigenvalue weighted by Crippen LogP contribution is -2.03. The summed E-state index contributed by atoms with van der Waals surface area (Å²) in [7, 11) is 0. The second-order valence-corrected chi connectivity index (χ2v) is 5.18. The van der Waals surface area contributed by atoms with Crippen LogP contribution < -0.4 is 5.73 Å². The molecule has 0 radical (unpaired) electrons. The van der Waals surface area contributed by atoms with Crippen molar-refractivity contribution >= 4 is 17.0 Å². The number of hydrogen-bond donors (Lipinski definition) is 2. The number of fused-ring (bicyclic) bond motifs is 1. The summed E-state index contributed by atoms with van der Waals surface area (Å²) < 4.78 is 0. The quantitative estimate of drug-likeness (QED) is 0.753. The zero-order valence-corrected chi connectivity index (χ0v) is 12.1. The number of imidazole rings is 1. The first-order chi connectivity index (χ1) is 10.3. The zero-order valence-electron chi connectivity index (χ0n) is 12.1. The molecule has 1 aromatic carbocycles. The Morgan fingerprint density at radius 2 is 1.95 bits per heavy atom. The molecule has 0 spiro atoms. The van der Waals surface area contributed by atoms with Gasteiger partial charge in [-0.15, -0.1) is 0 Å². The average Bonchev–Trinajstić information content (AvgIpc) is 2.95. The molecule has 0 atom stereocenters. The van der Waals surface area contributed by atoms with Gasteiger partial charge in [0.1, 0.15) is 11.3 Å². The lowest BCUT2D eigenvalue weighted by Gasteiger charge is -2.08. The van der Waals surface area contributed by atoms with Crippen LogP contribution in [0.2, 0.25) is 0 Å². The molecule has 21 heavy (non-hydrogen) atoms. The molecule has 3 aromatic rings. The van der Waals surface area contributed by atoms with Crippen molar-refractivity contribution in [3.8, 4) is 0 Å². The van der Waals surface area contributed by atoms with Crippen molar-refractivity contribution in [2.45, 2.75) is 32.6 Å². The second kappa shape index (κ2) is 5.91. The first-order valence-corrected chi connectivity index (χ1v) is 7.30. The van der Waals surface area contributed by atoms with Gasteiger partial charge >= 0.3 is 0 Å². The van der Waals surface area contributed by atoms with E-state index in [9.17, 15) is 0 Å². The van der Waals surface area contributed by atoms with E-state index in [1.165, 1.54) is 24.0 Å². The van der Waals surface area contributed by atoms with Crippen LogP contribution in [-0.4, -0.2) is 19.9 Å². The second-order valence-electron chi connectivity index (χ2n) is 5.18. The van der Waals surface area contributed by atoms with Crippen LogP contribution in [0.1, 0.15) is 36.7 Å². The molecule has 0 amide bonds. The molecule has 0 aliphatic heterocycles. The summed E-state index contributed by atoms with van der Waals surface area (Å²) in [5.41, 5.74) is 9.91. The molecule has 108 valence electrons. The molecule has 3 N–H and O–H groups in total. The van der Waals surface area contributed by atoms with Gasteiger partial charge in [0.25, 0.3) is 0 Å². The van der Waals surface area contributed by atoms with Crippen molar-refractivity contribution in [1.29, 1.82) is 0 Å². The minimum absolute atomic E-state index is 0.457. The minimum Gasteiger partial charge on any atom is -0.382 e. The van der Waals surface area contributed by atoms with Gasteiger partial charge in [-0.3, -0.25) is 0 Å². The highest BCUT2D eigenvalue weighted by atomic mass is 15.0. The lowest BCUT2D eigenvalue weighted by molar-refractivity contribution is 0.786. The Morgan fingerprint density at radius 1 is 1.14 bits per heavy atom. The Labute approximate surface area is 123 Å². The van der Waals surface area contributed by atoms with E-state index < -0.39 is 0 Å². The van der Waals surface area contributed by atoms with Crippen LogP contribution in [0.3, 0.4) is 0 Å². The largest absolute Gasteiger partial charge is 0.382 e. The lowest BCUT2D eigenvalue weighted by atomic mass is 9.99. The Morgan fingerprint density at radius 3 is 2.76 bits per heavy atom. The summed E-state index contributed by atoms with van der Waals surface area (Å²) in [5, 5.41) is 0. The first kappa shape index (κ1) is 13.5. The molecule has 2 aromatic heterocycles. The van der Waals surface area contributed by atoms with Crippen molar-refractivity contribution in [3.05, 3.63) is 47.5 Å². The Kier molecular flexibility index (Phi) is 3.81. The van der Waals surface area contributed by atoms with Gasteiger partial charge in [-0.2, -0.15) is 0 Å². The molecule has 5 nitrogen and oxygen atoms in total. The van der Waals surface area contributed by atoms with E-state index in [4.69, 9.17) is 5.73 Å². The third-order valence-electron chi connectivity index (χ3n) is 3.63. The SMILES string of the molecule is CCCCc1ccccc1Cc1nc(N)c2[nH]cnc2n1. The Balaban J connectivity index is 1.91. The van der Waals surface area contributed by atoms with E-state index >= 15 is 0 Å². The zero-order chi connectivity index (χ0) is 14.7. The number of hydrogen-bond acceptors (Lipinski definition) is 4. The molecule has 3 rings (SSSR count). The smallest absolute Gasteiger partial charge is 0.183 e. The maximum Gasteiger partial charge on any atom is 0.183 e. The number of nitrogen functional groups attached to an aromatic ring is 1. The van der Waals surface area contributed by atoms with Crippen molar-refractivity contribution in [2.75, 3.05) is 5.73 Å². The monoisotopic (exact) mass is 281 g/mol. The molecule has 0 unspecified atom stereocenters. The van der Waals surface area contributed by atoms with E-state index in [-0.39, 0.29) is 0 Å². The van der Waals surface area contributed by atoms with Crippen LogP contribution >= 0.6 is 0 Å². The molecular weight excluding hydrogens is 262 g/mol. The van der Waals surface area contributed by atoms with Gasteiger partial charge in [0.15, 0.2) is 11.5 Å². The van der Waals surface area contributed by atoms with Crippen LogP contribution in [0, 0.1) is 0 Å². The van der Waals surface area contributed by atoms with Crippen molar-refractivity contribution in [1.82, 2.24) is 19.9 Å². The number of rotatable bonds is 5. The Hall–Kier alpha value is -2.43. The predicted octanol–water partition coefficient (Wildman–Crippen LogP) is 2.87. The molecule has 0 saturated heterocycles.